The van der Waals surface area contributed by atoms with Crippen LogP contribution in [-0.2, 0) is 6.18 Å². The van der Waals surface area contributed by atoms with E-state index in [-0.39, 0.29) is 17.2 Å². The van der Waals surface area contributed by atoms with Gasteiger partial charge in [-0.05, 0) is 31.0 Å². The van der Waals surface area contributed by atoms with E-state index in [0.717, 1.165) is 29.7 Å². The van der Waals surface area contributed by atoms with Crippen LogP contribution >= 0.6 is 0 Å². The van der Waals surface area contributed by atoms with E-state index in [1.54, 1.807) is 0 Å². The molecule has 1 aromatic heterocycles. The number of hydrogen-bond donors (Lipinski definition) is 0. The fourth-order valence-corrected chi connectivity index (χ4v) is 2.34. The normalized spacial score (nSPS) is 15.2. The summed E-state index contributed by atoms with van der Waals surface area (Å²) in [7, 11) is 0. The van der Waals surface area contributed by atoms with E-state index in [9.17, 15) is 22.4 Å². The Balaban J connectivity index is 2.22. The first-order valence-corrected chi connectivity index (χ1v) is 6.32. The summed E-state index contributed by atoms with van der Waals surface area (Å²) in [5.74, 6) is -0.944. The SMILES string of the molecule is O=Cc1cnn(-c2ccc(F)cc2C(F)(F)F)c1C1CC1. The van der Waals surface area contributed by atoms with Gasteiger partial charge in [0.05, 0.1) is 28.7 Å². The standard InChI is InChI=1S/C14H10F4N2O/c15-10-3-4-12(11(5-10)14(16,17)18)20-13(8-1-2-8)9(7-21)6-19-20/h3-8H,1-2H2. The van der Waals surface area contributed by atoms with E-state index in [1.807, 2.05) is 0 Å². The maximum Gasteiger partial charge on any atom is 0.418 e. The Morgan fingerprint density at radius 1 is 1.29 bits per heavy atom. The quantitative estimate of drug-likeness (QED) is 0.639. The summed E-state index contributed by atoms with van der Waals surface area (Å²) in [5, 5.41) is 3.89. The number of benzene rings is 1. The van der Waals surface area contributed by atoms with Crippen LogP contribution in [-0.4, -0.2) is 16.1 Å². The molecular weight excluding hydrogens is 288 g/mol. The van der Waals surface area contributed by atoms with Gasteiger partial charge in [0.25, 0.3) is 0 Å². The van der Waals surface area contributed by atoms with Gasteiger partial charge < -0.3 is 0 Å². The van der Waals surface area contributed by atoms with Crippen LogP contribution in [0.1, 0.15) is 40.4 Å². The van der Waals surface area contributed by atoms with Crippen molar-refractivity contribution in [2.75, 3.05) is 0 Å². The third kappa shape index (κ3) is 2.43. The van der Waals surface area contributed by atoms with Crippen molar-refractivity contribution in [3.05, 3.63) is 47.0 Å². The number of aromatic nitrogens is 2. The fourth-order valence-electron chi connectivity index (χ4n) is 2.34. The predicted molar refractivity (Wildman–Crippen MR) is 65.9 cm³/mol. The van der Waals surface area contributed by atoms with Crippen molar-refractivity contribution in [3.63, 3.8) is 0 Å². The lowest BCUT2D eigenvalue weighted by molar-refractivity contribution is -0.137. The van der Waals surface area contributed by atoms with Crippen molar-refractivity contribution in [1.29, 1.82) is 0 Å². The topological polar surface area (TPSA) is 34.9 Å². The zero-order valence-electron chi connectivity index (χ0n) is 10.7. The molecule has 1 heterocycles. The molecule has 0 aliphatic heterocycles. The molecule has 110 valence electrons. The van der Waals surface area contributed by atoms with Crippen LogP contribution in [0.2, 0.25) is 0 Å². The number of nitrogens with zero attached hydrogens (tertiary/aromatic N) is 2. The summed E-state index contributed by atoms with van der Waals surface area (Å²) in [6.07, 6.45) is -1.28. The Kier molecular flexibility index (Phi) is 3.07. The number of rotatable bonds is 3. The number of carbonyl (C=O) groups excluding carboxylic acids is 1. The highest BCUT2D eigenvalue weighted by Gasteiger charge is 2.37. The molecule has 0 unspecified atom stereocenters. The second-order valence-electron chi connectivity index (χ2n) is 4.95. The molecule has 0 spiro atoms. The minimum absolute atomic E-state index is 0.0267. The van der Waals surface area contributed by atoms with Crippen LogP contribution in [0.5, 0.6) is 0 Å². The molecule has 7 heteroatoms. The minimum Gasteiger partial charge on any atom is -0.298 e. The average molecular weight is 298 g/mol. The van der Waals surface area contributed by atoms with Gasteiger partial charge >= 0.3 is 6.18 Å². The van der Waals surface area contributed by atoms with Gasteiger partial charge in [-0.1, -0.05) is 0 Å². The van der Waals surface area contributed by atoms with Crippen molar-refractivity contribution < 1.29 is 22.4 Å². The van der Waals surface area contributed by atoms with Gasteiger partial charge in [0.15, 0.2) is 6.29 Å². The summed E-state index contributed by atoms with van der Waals surface area (Å²) in [4.78, 5) is 11.0. The van der Waals surface area contributed by atoms with E-state index >= 15 is 0 Å². The zero-order valence-corrected chi connectivity index (χ0v) is 10.7. The molecule has 1 aliphatic rings. The van der Waals surface area contributed by atoms with Crippen LogP contribution in [0.25, 0.3) is 5.69 Å². The highest BCUT2D eigenvalue weighted by molar-refractivity contribution is 5.77. The van der Waals surface area contributed by atoms with E-state index < -0.39 is 17.6 Å². The van der Waals surface area contributed by atoms with E-state index in [1.165, 1.54) is 6.20 Å². The van der Waals surface area contributed by atoms with Crippen molar-refractivity contribution in [2.24, 2.45) is 0 Å². The Bertz CT molecular complexity index is 701. The molecule has 1 aliphatic carbocycles. The van der Waals surface area contributed by atoms with Crippen LogP contribution in [0.3, 0.4) is 0 Å². The first kappa shape index (κ1) is 13.8. The lowest BCUT2D eigenvalue weighted by Crippen LogP contribution is -2.13. The number of alkyl halides is 3. The molecular formula is C14H10F4N2O. The molecule has 2 aromatic rings. The Morgan fingerprint density at radius 3 is 2.57 bits per heavy atom. The highest BCUT2D eigenvalue weighted by Crippen LogP contribution is 2.43. The molecule has 3 nitrogen and oxygen atoms in total. The van der Waals surface area contributed by atoms with E-state index in [0.29, 0.717) is 18.0 Å². The number of halogens is 4. The second-order valence-corrected chi connectivity index (χ2v) is 4.95. The first-order chi connectivity index (χ1) is 9.91. The molecule has 0 N–H and O–H groups in total. The predicted octanol–water partition coefficient (Wildman–Crippen LogP) is 3.72. The molecule has 21 heavy (non-hydrogen) atoms. The smallest absolute Gasteiger partial charge is 0.298 e. The molecule has 1 aromatic carbocycles. The molecule has 0 radical (unpaired) electrons. The van der Waals surface area contributed by atoms with Crippen LogP contribution < -0.4 is 0 Å². The maximum atomic E-state index is 13.2. The molecule has 0 saturated heterocycles. The Hall–Kier alpha value is -2.18. The summed E-state index contributed by atoms with van der Waals surface area (Å²) in [5.41, 5.74) is -0.638. The average Bonchev–Trinajstić information content (AvgIpc) is 3.17. The van der Waals surface area contributed by atoms with Crippen molar-refractivity contribution >= 4 is 6.29 Å². The number of carbonyl (C=O) groups is 1. The van der Waals surface area contributed by atoms with Crippen molar-refractivity contribution in [3.8, 4) is 5.69 Å². The van der Waals surface area contributed by atoms with Gasteiger partial charge in [-0.2, -0.15) is 18.3 Å². The second kappa shape index (κ2) is 4.68. The van der Waals surface area contributed by atoms with Crippen molar-refractivity contribution in [2.45, 2.75) is 24.9 Å². The van der Waals surface area contributed by atoms with E-state index in [2.05, 4.69) is 5.10 Å². The molecule has 0 atom stereocenters. The number of aldehydes is 1. The fraction of sp³-hybridized carbons (Fsp3) is 0.286. The van der Waals surface area contributed by atoms with E-state index in [4.69, 9.17) is 0 Å². The van der Waals surface area contributed by atoms with Crippen LogP contribution in [0, 0.1) is 5.82 Å². The van der Waals surface area contributed by atoms with Gasteiger partial charge in [-0.3, -0.25) is 4.79 Å². The summed E-state index contributed by atoms with van der Waals surface area (Å²) in [6, 6.07) is 2.42. The van der Waals surface area contributed by atoms with Gasteiger partial charge in [-0.15, -0.1) is 0 Å². The monoisotopic (exact) mass is 298 g/mol. The summed E-state index contributed by atoms with van der Waals surface area (Å²) >= 11 is 0. The minimum atomic E-state index is -4.70. The zero-order chi connectivity index (χ0) is 15.2. The third-order valence-corrected chi connectivity index (χ3v) is 3.42. The summed E-state index contributed by atoms with van der Waals surface area (Å²) < 4.78 is 53.5. The molecule has 3 rings (SSSR count). The summed E-state index contributed by atoms with van der Waals surface area (Å²) in [6.45, 7) is 0. The third-order valence-electron chi connectivity index (χ3n) is 3.42. The van der Waals surface area contributed by atoms with Gasteiger partial charge in [0.1, 0.15) is 5.82 Å². The van der Waals surface area contributed by atoms with Gasteiger partial charge in [-0.25, -0.2) is 9.07 Å². The van der Waals surface area contributed by atoms with Gasteiger partial charge in [0, 0.05) is 5.92 Å². The first-order valence-electron chi connectivity index (χ1n) is 6.32. The van der Waals surface area contributed by atoms with Gasteiger partial charge in [0.2, 0.25) is 0 Å². The largest absolute Gasteiger partial charge is 0.418 e. The molecule has 1 saturated carbocycles. The molecule has 0 amide bonds. The number of hydrogen-bond acceptors (Lipinski definition) is 2. The van der Waals surface area contributed by atoms with Crippen molar-refractivity contribution in [1.82, 2.24) is 9.78 Å². The Morgan fingerprint density at radius 2 is 2.00 bits per heavy atom. The molecule has 1 fully saturated rings. The van der Waals surface area contributed by atoms with Crippen LogP contribution in [0.15, 0.2) is 24.4 Å². The highest BCUT2D eigenvalue weighted by atomic mass is 19.4. The lowest BCUT2D eigenvalue weighted by Gasteiger charge is -2.15. The Labute approximate surface area is 117 Å². The van der Waals surface area contributed by atoms with Crippen LogP contribution in [0.4, 0.5) is 17.6 Å². The maximum absolute atomic E-state index is 13.2. The molecule has 0 bridgehead atoms. The lowest BCUT2D eigenvalue weighted by atomic mass is 10.1.